The first-order valence-electron chi connectivity index (χ1n) is 10.8. The van der Waals surface area contributed by atoms with Crippen molar-refractivity contribution >= 4 is 23.6 Å². The third kappa shape index (κ3) is 2.90. The van der Waals surface area contributed by atoms with E-state index in [2.05, 4.69) is 86.6 Å². The van der Waals surface area contributed by atoms with Gasteiger partial charge in [-0.25, -0.2) is 0 Å². The van der Waals surface area contributed by atoms with E-state index in [9.17, 15) is 0 Å². The molecule has 4 aromatic carbocycles. The molecule has 0 bridgehead atoms. The zero-order chi connectivity index (χ0) is 21.3. The Balaban J connectivity index is 1.59. The van der Waals surface area contributed by atoms with Crippen LogP contribution in [0.15, 0.2) is 72.8 Å². The molecule has 0 amide bonds. The van der Waals surface area contributed by atoms with Gasteiger partial charge < -0.3 is 0 Å². The Morgan fingerprint density at radius 3 is 1.42 bits per heavy atom. The SMILES string of the molecule is Cc1ccc2c([c]1[Zr]([Cl])([Cl])[c]1c(C)ccc3c1Cc1ccccc1-3)Cc1ccccc1-2. The van der Waals surface area contributed by atoms with Gasteiger partial charge in [0.2, 0.25) is 0 Å². The van der Waals surface area contributed by atoms with Gasteiger partial charge in [0, 0.05) is 0 Å². The molecule has 0 saturated carbocycles. The van der Waals surface area contributed by atoms with Gasteiger partial charge in [-0.15, -0.1) is 0 Å². The molecule has 0 unspecified atom stereocenters. The van der Waals surface area contributed by atoms with Gasteiger partial charge in [0.05, 0.1) is 0 Å². The average Bonchev–Trinajstić information content (AvgIpc) is 3.30. The van der Waals surface area contributed by atoms with Crippen molar-refractivity contribution in [2.75, 3.05) is 0 Å². The third-order valence-electron chi connectivity index (χ3n) is 7.02. The number of hydrogen-bond acceptors (Lipinski definition) is 0. The van der Waals surface area contributed by atoms with Crippen LogP contribution in [-0.4, -0.2) is 0 Å². The average molecular weight is 521 g/mol. The molecule has 31 heavy (non-hydrogen) atoms. The zero-order valence-electron chi connectivity index (χ0n) is 17.6. The van der Waals surface area contributed by atoms with Crippen molar-refractivity contribution in [3.63, 3.8) is 0 Å². The van der Waals surface area contributed by atoms with Gasteiger partial charge in [0.25, 0.3) is 0 Å². The summed E-state index contributed by atoms with van der Waals surface area (Å²) < 4.78 is 2.53. The van der Waals surface area contributed by atoms with E-state index < -0.39 is 17.9 Å². The number of aryl methyl sites for hydroxylation is 2. The van der Waals surface area contributed by atoms with Gasteiger partial charge in [0.15, 0.2) is 0 Å². The van der Waals surface area contributed by atoms with Crippen LogP contribution in [0, 0.1) is 13.8 Å². The van der Waals surface area contributed by atoms with Gasteiger partial charge in [-0.3, -0.25) is 0 Å². The molecule has 0 radical (unpaired) electrons. The first kappa shape index (κ1) is 20.0. The van der Waals surface area contributed by atoms with Crippen LogP contribution in [0.5, 0.6) is 0 Å². The summed E-state index contributed by atoms with van der Waals surface area (Å²) in [7, 11) is 15.3. The summed E-state index contributed by atoms with van der Waals surface area (Å²) in [6.07, 6.45) is 1.85. The van der Waals surface area contributed by atoms with Crippen LogP contribution >= 0.6 is 17.0 Å². The Hall–Kier alpha value is -1.66. The van der Waals surface area contributed by atoms with Gasteiger partial charge in [0.1, 0.15) is 0 Å². The monoisotopic (exact) mass is 518 g/mol. The van der Waals surface area contributed by atoms with Gasteiger partial charge in [-0.05, 0) is 0 Å². The first-order valence-corrected chi connectivity index (χ1v) is 19.6. The summed E-state index contributed by atoms with van der Waals surface area (Å²) in [5, 5.41) is 0. The number of halogens is 2. The normalized spacial score (nSPS) is 13.5. The molecule has 0 spiro atoms. The van der Waals surface area contributed by atoms with Gasteiger partial charge in [-0.1, -0.05) is 0 Å². The Bertz CT molecular complexity index is 1280. The third-order valence-corrected chi connectivity index (χ3v) is 18.0. The minimum atomic E-state index is -3.95. The molecule has 0 N–H and O–H groups in total. The molecule has 0 aromatic heterocycles. The van der Waals surface area contributed by atoms with E-state index in [4.69, 9.17) is 17.0 Å². The second kappa shape index (κ2) is 7.18. The van der Waals surface area contributed by atoms with E-state index in [0.717, 1.165) is 12.8 Å². The van der Waals surface area contributed by atoms with Crippen molar-refractivity contribution < 1.29 is 17.9 Å². The van der Waals surface area contributed by atoms with Crippen LogP contribution in [0.4, 0.5) is 0 Å². The Morgan fingerprint density at radius 2 is 0.968 bits per heavy atom. The quantitative estimate of drug-likeness (QED) is 0.234. The molecule has 0 heterocycles. The molecule has 0 atom stereocenters. The maximum absolute atomic E-state index is 7.63. The van der Waals surface area contributed by atoms with Crippen LogP contribution in [-0.2, 0) is 30.7 Å². The molecule has 0 fully saturated rings. The molecular formula is C28H22Cl2Zr. The van der Waals surface area contributed by atoms with E-state index in [0.29, 0.717) is 0 Å². The molecule has 6 rings (SSSR count). The van der Waals surface area contributed by atoms with E-state index in [1.165, 1.54) is 62.2 Å². The summed E-state index contributed by atoms with van der Waals surface area (Å²) in [5.41, 5.74) is 13.2. The van der Waals surface area contributed by atoms with Crippen molar-refractivity contribution in [1.29, 1.82) is 0 Å². The fraction of sp³-hybridized carbons (Fsp3) is 0.143. The predicted octanol–water partition coefficient (Wildman–Crippen LogP) is 6.86. The molecule has 152 valence electrons. The Kier molecular flexibility index (Phi) is 4.63. The van der Waals surface area contributed by atoms with Crippen LogP contribution in [0.2, 0.25) is 0 Å². The van der Waals surface area contributed by atoms with E-state index in [1.54, 1.807) is 0 Å². The van der Waals surface area contributed by atoms with Crippen LogP contribution < -0.4 is 6.54 Å². The molecular weight excluding hydrogens is 498 g/mol. The number of rotatable bonds is 2. The number of fused-ring (bicyclic) bond motifs is 6. The Labute approximate surface area is 195 Å². The fourth-order valence-corrected chi connectivity index (χ4v) is 18.3. The van der Waals surface area contributed by atoms with Crippen LogP contribution in [0.1, 0.15) is 33.4 Å². The van der Waals surface area contributed by atoms with Crippen molar-refractivity contribution in [2.24, 2.45) is 0 Å². The standard InChI is InChI=1S/2C14H11.2ClH.Zr/c2*1-10-6-7-14-12(8-10)9-11-4-2-3-5-13(11)14;;;/h2*2-7H,9H2,1H3;2*1H;/q;;;;+2/p-2. The zero-order valence-corrected chi connectivity index (χ0v) is 21.6. The summed E-state index contributed by atoms with van der Waals surface area (Å²) in [6.45, 7) is 4.37. The molecule has 4 aromatic rings. The molecule has 0 nitrogen and oxygen atoms in total. The summed E-state index contributed by atoms with van der Waals surface area (Å²) in [4.78, 5) is 0. The number of hydrogen-bond donors (Lipinski definition) is 0. The molecule has 0 saturated heterocycles. The van der Waals surface area contributed by atoms with E-state index in [-0.39, 0.29) is 0 Å². The van der Waals surface area contributed by atoms with E-state index >= 15 is 0 Å². The maximum atomic E-state index is 7.63. The molecule has 0 aliphatic heterocycles. The van der Waals surface area contributed by atoms with Gasteiger partial charge in [-0.2, -0.15) is 0 Å². The van der Waals surface area contributed by atoms with Crippen LogP contribution in [0.25, 0.3) is 22.3 Å². The van der Waals surface area contributed by atoms with Crippen molar-refractivity contribution in [2.45, 2.75) is 26.7 Å². The Morgan fingerprint density at radius 1 is 0.548 bits per heavy atom. The first-order chi connectivity index (χ1) is 15.0. The molecule has 2 aliphatic rings. The minimum absolute atomic E-state index is 0.926. The fourth-order valence-electron chi connectivity index (χ4n) is 5.66. The topological polar surface area (TPSA) is 0 Å². The molecule has 3 heteroatoms. The second-order valence-corrected chi connectivity index (χ2v) is 21.9. The summed E-state index contributed by atoms with van der Waals surface area (Å²) in [5.74, 6) is 0. The number of benzene rings is 4. The van der Waals surface area contributed by atoms with Crippen molar-refractivity contribution in [3.8, 4) is 22.3 Å². The molecule has 2 aliphatic carbocycles. The van der Waals surface area contributed by atoms with Crippen molar-refractivity contribution in [3.05, 3.63) is 106 Å². The van der Waals surface area contributed by atoms with Crippen LogP contribution in [0.3, 0.4) is 0 Å². The summed E-state index contributed by atoms with van der Waals surface area (Å²) in [6, 6.07) is 26.4. The summed E-state index contributed by atoms with van der Waals surface area (Å²) >= 11 is -3.95. The van der Waals surface area contributed by atoms with Crippen molar-refractivity contribution in [1.82, 2.24) is 0 Å². The second-order valence-electron chi connectivity index (χ2n) is 8.81. The van der Waals surface area contributed by atoms with Gasteiger partial charge >= 0.3 is 197 Å². The van der Waals surface area contributed by atoms with E-state index in [1.807, 2.05) is 0 Å². The predicted molar refractivity (Wildman–Crippen MR) is 130 cm³/mol.